The van der Waals surface area contributed by atoms with E-state index in [-0.39, 0.29) is 12.4 Å². The lowest BCUT2D eigenvalue weighted by Gasteiger charge is -2.10. The summed E-state index contributed by atoms with van der Waals surface area (Å²) >= 11 is 0. The summed E-state index contributed by atoms with van der Waals surface area (Å²) in [5.41, 5.74) is 5.27. The minimum atomic E-state index is -0.511. The molecular weight excluding hydrogens is 412 g/mol. The van der Waals surface area contributed by atoms with Crippen LogP contribution < -0.4 is 9.47 Å². The van der Waals surface area contributed by atoms with Crippen molar-refractivity contribution in [1.82, 2.24) is 0 Å². The smallest absolute Gasteiger partial charge is 0.349 e. The van der Waals surface area contributed by atoms with E-state index < -0.39 is 5.97 Å². The summed E-state index contributed by atoms with van der Waals surface area (Å²) in [5, 5.41) is 0. The van der Waals surface area contributed by atoms with Crippen molar-refractivity contribution in [2.45, 2.75) is 13.8 Å². The van der Waals surface area contributed by atoms with Gasteiger partial charge >= 0.3 is 5.97 Å². The number of hydrogen-bond donors (Lipinski definition) is 0. The van der Waals surface area contributed by atoms with Crippen molar-refractivity contribution >= 4 is 11.8 Å². The molecule has 4 heteroatoms. The summed E-state index contributed by atoms with van der Waals surface area (Å²) in [4.78, 5) is 24.9. The van der Waals surface area contributed by atoms with Gasteiger partial charge in [-0.3, -0.25) is 4.79 Å². The maximum Gasteiger partial charge on any atom is 0.349 e. The van der Waals surface area contributed by atoms with Crippen molar-refractivity contribution in [2.24, 2.45) is 0 Å². The van der Waals surface area contributed by atoms with Gasteiger partial charge in [0.25, 0.3) is 0 Å². The molecule has 0 fully saturated rings. The Labute approximate surface area is 193 Å². The Bertz CT molecular complexity index is 1260. The monoisotopic (exact) mass is 436 g/mol. The van der Waals surface area contributed by atoms with Crippen molar-refractivity contribution < 1.29 is 19.1 Å². The standard InChI is InChI=1S/C29H24O4/c1-20-8-10-22(11-9-20)23-12-15-26(16-13-23)32-19-28(30)33-27-17-14-25(18-21(27)2)29(31)24-6-4-3-5-7-24/h3-18H,19H2,1-2H3. The molecule has 0 bridgehead atoms. The van der Waals surface area contributed by atoms with Crippen LogP contribution in [0, 0.1) is 13.8 Å². The molecule has 0 saturated heterocycles. The number of ketones is 1. The van der Waals surface area contributed by atoms with Gasteiger partial charge in [0.15, 0.2) is 12.4 Å². The van der Waals surface area contributed by atoms with E-state index in [1.54, 1.807) is 37.3 Å². The molecule has 0 atom stereocenters. The van der Waals surface area contributed by atoms with Gasteiger partial charge in [-0.15, -0.1) is 0 Å². The minimum Gasteiger partial charge on any atom is -0.482 e. The van der Waals surface area contributed by atoms with Gasteiger partial charge in [0, 0.05) is 11.1 Å². The van der Waals surface area contributed by atoms with E-state index >= 15 is 0 Å². The second kappa shape index (κ2) is 9.96. The van der Waals surface area contributed by atoms with Gasteiger partial charge in [0.05, 0.1) is 0 Å². The van der Waals surface area contributed by atoms with Crippen molar-refractivity contribution in [3.8, 4) is 22.6 Å². The molecule has 0 saturated carbocycles. The van der Waals surface area contributed by atoms with Crippen LogP contribution in [0.25, 0.3) is 11.1 Å². The maximum atomic E-state index is 12.6. The van der Waals surface area contributed by atoms with E-state index in [9.17, 15) is 9.59 Å². The molecular formula is C29H24O4. The van der Waals surface area contributed by atoms with Crippen molar-refractivity contribution in [2.75, 3.05) is 6.61 Å². The first-order chi connectivity index (χ1) is 16.0. The highest BCUT2D eigenvalue weighted by atomic mass is 16.6. The average molecular weight is 437 g/mol. The summed E-state index contributed by atoms with van der Waals surface area (Å²) in [6.07, 6.45) is 0. The maximum absolute atomic E-state index is 12.6. The Morgan fingerprint density at radius 2 is 1.33 bits per heavy atom. The van der Waals surface area contributed by atoms with E-state index in [1.165, 1.54) is 5.56 Å². The van der Waals surface area contributed by atoms with Gasteiger partial charge in [0.2, 0.25) is 0 Å². The number of carbonyl (C=O) groups excluding carboxylic acids is 2. The second-order valence-corrected chi connectivity index (χ2v) is 7.83. The van der Waals surface area contributed by atoms with E-state index in [0.29, 0.717) is 28.2 Å². The highest BCUT2D eigenvalue weighted by molar-refractivity contribution is 6.09. The number of benzene rings is 4. The molecule has 0 N–H and O–H groups in total. The zero-order valence-corrected chi connectivity index (χ0v) is 18.6. The molecule has 4 nitrogen and oxygen atoms in total. The highest BCUT2D eigenvalue weighted by Gasteiger charge is 2.13. The first-order valence-electron chi connectivity index (χ1n) is 10.7. The number of rotatable bonds is 7. The number of hydrogen-bond acceptors (Lipinski definition) is 4. The molecule has 164 valence electrons. The van der Waals surface area contributed by atoms with E-state index in [2.05, 4.69) is 31.2 Å². The fraction of sp³-hybridized carbons (Fsp3) is 0.103. The third kappa shape index (κ3) is 5.55. The summed E-state index contributed by atoms with van der Waals surface area (Å²) in [6.45, 7) is 3.64. The number of esters is 1. The third-order valence-electron chi connectivity index (χ3n) is 5.29. The number of carbonyl (C=O) groups is 2. The lowest BCUT2D eigenvalue weighted by Crippen LogP contribution is -2.18. The molecule has 0 unspecified atom stereocenters. The molecule has 4 aromatic rings. The molecule has 0 aromatic heterocycles. The minimum absolute atomic E-state index is 0.0750. The van der Waals surface area contributed by atoms with E-state index in [1.807, 2.05) is 42.5 Å². The third-order valence-corrected chi connectivity index (χ3v) is 5.29. The van der Waals surface area contributed by atoms with E-state index in [0.717, 1.165) is 11.1 Å². The van der Waals surface area contributed by atoms with Crippen LogP contribution in [-0.4, -0.2) is 18.4 Å². The fourth-order valence-electron chi connectivity index (χ4n) is 3.45. The molecule has 0 aliphatic carbocycles. The molecule has 0 radical (unpaired) electrons. The first kappa shape index (κ1) is 22.0. The Balaban J connectivity index is 1.34. The normalized spacial score (nSPS) is 10.5. The highest BCUT2D eigenvalue weighted by Crippen LogP contribution is 2.24. The van der Waals surface area contributed by atoms with Crippen LogP contribution in [0.5, 0.6) is 11.5 Å². The Kier molecular flexibility index (Phi) is 6.65. The van der Waals surface area contributed by atoms with Gasteiger partial charge in [-0.2, -0.15) is 0 Å². The Hall–Kier alpha value is -4.18. The molecule has 4 aromatic carbocycles. The van der Waals surface area contributed by atoms with Crippen LogP contribution in [-0.2, 0) is 4.79 Å². The molecule has 0 aliphatic rings. The van der Waals surface area contributed by atoms with Crippen LogP contribution in [0.1, 0.15) is 27.0 Å². The van der Waals surface area contributed by atoms with Gasteiger partial charge in [0.1, 0.15) is 11.5 Å². The number of ether oxygens (including phenoxy) is 2. The van der Waals surface area contributed by atoms with Crippen LogP contribution >= 0.6 is 0 Å². The first-order valence-corrected chi connectivity index (χ1v) is 10.7. The Morgan fingerprint density at radius 3 is 1.97 bits per heavy atom. The number of aryl methyl sites for hydroxylation is 2. The van der Waals surface area contributed by atoms with Gasteiger partial charge in [-0.05, 0) is 60.9 Å². The lowest BCUT2D eigenvalue weighted by atomic mass is 10.0. The zero-order valence-electron chi connectivity index (χ0n) is 18.6. The topological polar surface area (TPSA) is 52.6 Å². The fourth-order valence-corrected chi connectivity index (χ4v) is 3.45. The molecule has 33 heavy (non-hydrogen) atoms. The SMILES string of the molecule is Cc1ccc(-c2ccc(OCC(=O)Oc3ccc(C(=O)c4ccccc4)cc3C)cc2)cc1. The van der Waals surface area contributed by atoms with E-state index in [4.69, 9.17) is 9.47 Å². The van der Waals surface area contributed by atoms with Crippen molar-refractivity contribution in [3.63, 3.8) is 0 Å². The van der Waals surface area contributed by atoms with Crippen LogP contribution in [0.4, 0.5) is 0 Å². The van der Waals surface area contributed by atoms with Gasteiger partial charge < -0.3 is 9.47 Å². The quantitative estimate of drug-likeness (QED) is 0.197. The lowest BCUT2D eigenvalue weighted by molar-refractivity contribution is -0.136. The molecule has 4 rings (SSSR count). The molecule has 0 amide bonds. The van der Waals surface area contributed by atoms with Crippen LogP contribution in [0.15, 0.2) is 97.1 Å². The van der Waals surface area contributed by atoms with Crippen molar-refractivity contribution in [1.29, 1.82) is 0 Å². The summed E-state index contributed by atoms with van der Waals surface area (Å²) in [5.74, 6) is 0.406. The van der Waals surface area contributed by atoms with Gasteiger partial charge in [-0.1, -0.05) is 72.3 Å². The van der Waals surface area contributed by atoms with Gasteiger partial charge in [-0.25, -0.2) is 4.79 Å². The van der Waals surface area contributed by atoms with Crippen LogP contribution in [0.3, 0.4) is 0 Å². The largest absolute Gasteiger partial charge is 0.482 e. The summed E-state index contributed by atoms with van der Waals surface area (Å²) in [7, 11) is 0. The molecule has 0 spiro atoms. The second-order valence-electron chi connectivity index (χ2n) is 7.83. The molecule has 0 aliphatic heterocycles. The van der Waals surface area contributed by atoms with Crippen molar-refractivity contribution in [3.05, 3.63) is 119 Å². The molecule has 0 heterocycles. The average Bonchev–Trinajstić information content (AvgIpc) is 2.85. The predicted molar refractivity (Wildman–Crippen MR) is 129 cm³/mol. The zero-order chi connectivity index (χ0) is 23.2. The van der Waals surface area contributed by atoms with Crippen LogP contribution in [0.2, 0.25) is 0 Å². The summed E-state index contributed by atoms with van der Waals surface area (Å²) < 4.78 is 11.0. The predicted octanol–water partition coefficient (Wildman–Crippen LogP) is 6.19. The Morgan fingerprint density at radius 1 is 0.697 bits per heavy atom. The summed E-state index contributed by atoms with van der Waals surface area (Å²) in [6, 6.07) is 30.0.